The highest BCUT2D eigenvalue weighted by Crippen LogP contribution is 2.19. The van der Waals surface area contributed by atoms with Gasteiger partial charge in [-0.15, -0.1) is 0 Å². The third-order valence-corrected chi connectivity index (χ3v) is 5.55. The number of nitrogens with zero attached hydrogens (tertiary/aromatic N) is 3. The predicted octanol–water partition coefficient (Wildman–Crippen LogP) is 2.88. The van der Waals surface area contributed by atoms with E-state index in [9.17, 15) is 14.4 Å². The van der Waals surface area contributed by atoms with Gasteiger partial charge in [-0.1, -0.05) is 6.07 Å². The van der Waals surface area contributed by atoms with Crippen LogP contribution in [-0.2, 0) is 9.53 Å². The Morgan fingerprint density at radius 2 is 1.69 bits per heavy atom. The van der Waals surface area contributed by atoms with Crippen molar-refractivity contribution in [3.63, 3.8) is 0 Å². The van der Waals surface area contributed by atoms with Gasteiger partial charge in [0.15, 0.2) is 0 Å². The number of anilines is 3. The summed E-state index contributed by atoms with van der Waals surface area (Å²) in [4.78, 5) is 45.2. The van der Waals surface area contributed by atoms with Gasteiger partial charge in [0, 0.05) is 55.2 Å². The number of pyridine rings is 1. The van der Waals surface area contributed by atoms with Gasteiger partial charge in [-0.2, -0.15) is 0 Å². The predicted molar refractivity (Wildman–Crippen MR) is 134 cm³/mol. The summed E-state index contributed by atoms with van der Waals surface area (Å²) in [6.07, 6.45) is 3.05. The van der Waals surface area contributed by atoms with Crippen LogP contribution in [-0.4, -0.2) is 67.5 Å². The zero-order valence-corrected chi connectivity index (χ0v) is 19.4. The van der Waals surface area contributed by atoms with E-state index in [0.29, 0.717) is 35.7 Å². The summed E-state index contributed by atoms with van der Waals surface area (Å²) in [5, 5.41) is 5.58. The molecular formula is C26H27N5O4. The zero-order valence-electron chi connectivity index (χ0n) is 19.4. The highest BCUT2D eigenvalue weighted by molar-refractivity contribution is 6.05. The minimum absolute atomic E-state index is 0.115. The van der Waals surface area contributed by atoms with Gasteiger partial charge in [0.1, 0.15) is 0 Å². The molecule has 35 heavy (non-hydrogen) atoms. The van der Waals surface area contributed by atoms with Gasteiger partial charge in [-0.3, -0.25) is 19.4 Å². The van der Waals surface area contributed by atoms with Gasteiger partial charge in [-0.25, -0.2) is 0 Å². The molecule has 2 N–H and O–H groups in total. The van der Waals surface area contributed by atoms with Crippen LogP contribution >= 0.6 is 0 Å². The minimum atomic E-state index is -0.333. The summed E-state index contributed by atoms with van der Waals surface area (Å²) in [6, 6.07) is 17.5. The minimum Gasteiger partial charge on any atom is -0.378 e. The van der Waals surface area contributed by atoms with Crippen LogP contribution in [0, 0.1) is 0 Å². The van der Waals surface area contributed by atoms with Crippen molar-refractivity contribution >= 4 is 34.8 Å². The SMILES string of the molecule is CN(CC(=O)Nc1ccc(N2CCOCC2)cc1)C(=O)c1cccc(NC(=O)c2cccnc2)c1. The molecule has 0 unspecified atom stereocenters. The van der Waals surface area contributed by atoms with Crippen molar-refractivity contribution in [1.82, 2.24) is 9.88 Å². The van der Waals surface area contributed by atoms with Crippen molar-refractivity contribution in [2.75, 3.05) is 55.4 Å². The number of amides is 3. The van der Waals surface area contributed by atoms with Gasteiger partial charge in [-0.05, 0) is 54.6 Å². The molecule has 1 aliphatic rings. The summed E-state index contributed by atoms with van der Waals surface area (Å²) in [6.45, 7) is 2.98. The largest absolute Gasteiger partial charge is 0.378 e. The average Bonchev–Trinajstić information content (AvgIpc) is 2.89. The lowest BCUT2D eigenvalue weighted by Gasteiger charge is -2.28. The smallest absolute Gasteiger partial charge is 0.257 e. The highest BCUT2D eigenvalue weighted by Gasteiger charge is 2.17. The van der Waals surface area contributed by atoms with E-state index in [-0.39, 0.29) is 24.3 Å². The number of nitrogens with one attached hydrogen (secondary N) is 2. The second-order valence-electron chi connectivity index (χ2n) is 8.13. The Morgan fingerprint density at radius 3 is 2.40 bits per heavy atom. The first-order valence-corrected chi connectivity index (χ1v) is 11.3. The molecular weight excluding hydrogens is 446 g/mol. The van der Waals surface area contributed by atoms with Crippen LogP contribution in [0.1, 0.15) is 20.7 Å². The number of benzene rings is 2. The van der Waals surface area contributed by atoms with Crippen LogP contribution in [0.5, 0.6) is 0 Å². The maximum Gasteiger partial charge on any atom is 0.257 e. The number of hydrogen-bond acceptors (Lipinski definition) is 6. The molecule has 1 fully saturated rings. The van der Waals surface area contributed by atoms with Crippen LogP contribution in [0.2, 0.25) is 0 Å². The first-order chi connectivity index (χ1) is 17.0. The maximum absolute atomic E-state index is 12.9. The van der Waals surface area contributed by atoms with Crippen molar-refractivity contribution in [3.8, 4) is 0 Å². The number of carbonyl (C=O) groups excluding carboxylic acids is 3. The molecule has 180 valence electrons. The van der Waals surface area contributed by atoms with Crippen LogP contribution in [0.4, 0.5) is 17.1 Å². The zero-order chi connectivity index (χ0) is 24.6. The Morgan fingerprint density at radius 1 is 0.943 bits per heavy atom. The Labute approximate surface area is 203 Å². The molecule has 0 bridgehead atoms. The molecule has 1 aromatic heterocycles. The van der Waals surface area contributed by atoms with E-state index in [2.05, 4.69) is 20.5 Å². The van der Waals surface area contributed by atoms with Crippen LogP contribution in [0.25, 0.3) is 0 Å². The fourth-order valence-corrected chi connectivity index (χ4v) is 3.72. The highest BCUT2D eigenvalue weighted by atomic mass is 16.5. The van der Waals surface area contributed by atoms with Gasteiger partial charge in [0.25, 0.3) is 11.8 Å². The molecule has 1 saturated heterocycles. The normalized spacial score (nSPS) is 13.1. The van der Waals surface area contributed by atoms with Crippen LogP contribution in [0.3, 0.4) is 0 Å². The third-order valence-electron chi connectivity index (χ3n) is 5.55. The molecule has 0 saturated carbocycles. The van der Waals surface area contributed by atoms with E-state index in [1.165, 1.54) is 11.1 Å². The second kappa shape index (κ2) is 11.3. The summed E-state index contributed by atoms with van der Waals surface area (Å²) >= 11 is 0. The molecule has 3 aromatic rings. The van der Waals surface area contributed by atoms with Crippen molar-refractivity contribution < 1.29 is 19.1 Å². The average molecular weight is 474 g/mol. The summed E-state index contributed by atoms with van der Waals surface area (Å²) < 4.78 is 5.38. The molecule has 0 aliphatic carbocycles. The molecule has 9 heteroatoms. The Balaban J connectivity index is 1.31. The summed E-state index contributed by atoms with van der Waals surface area (Å²) in [5.74, 6) is -0.962. The molecule has 1 aliphatic heterocycles. The van der Waals surface area contributed by atoms with E-state index in [0.717, 1.165) is 18.8 Å². The summed E-state index contributed by atoms with van der Waals surface area (Å²) in [7, 11) is 1.56. The monoisotopic (exact) mass is 473 g/mol. The number of aromatic nitrogens is 1. The van der Waals surface area contributed by atoms with Crippen molar-refractivity contribution in [1.29, 1.82) is 0 Å². The van der Waals surface area contributed by atoms with E-state index < -0.39 is 0 Å². The fourth-order valence-electron chi connectivity index (χ4n) is 3.72. The van der Waals surface area contributed by atoms with E-state index in [1.807, 2.05) is 24.3 Å². The first kappa shape index (κ1) is 23.9. The van der Waals surface area contributed by atoms with Gasteiger partial charge >= 0.3 is 0 Å². The standard InChI is InChI=1S/C26H27N5O4/c1-30(18-24(32)28-21-7-9-23(10-8-21)31-12-14-35-15-13-31)26(34)19-4-2-6-22(16-19)29-25(33)20-5-3-11-27-17-20/h2-11,16-17H,12-15,18H2,1H3,(H,28,32)(H,29,33). The fraction of sp³-hybridized carbons (Fsp3) is 0.231. The van der Waals surface area contributed by atoms with Crippen LogP contribution in [0.15, 0.2) is 73.1 Å². The van der Waals surface area contributed by atoms with Crippen molar-refractivity contribution in [2.45, 2.75) is 0 Å². The Kier molecular flexibility index (Phi) is 7.69. The quantitative estimate of drug-likeness (QED) is 0.547. The molecule has 2 heterocycles. The Hall–Kier alpha value is -4.24. The Bertz CT molecular complexity index is 1180. The molecule has 9 nitrogen and oxygen atoms in total. The topological polar surface area (TPSA) is 104 Å². The number of likely N-dealkylation sites (N-methyl/N-ethyl adjacent to an activating group) is 1. The number of hydrogen-bond donors (Lipinski definition) is 2. The molecule has 2 aromatic carbocycles. The maximum atomic E-state index is 12.9. The molecule has 0 atom stereocenters. The number of ether oxygens (including phenoxy) is 1. The van der Waals surface area contributed by atoms with E-state index >= 15 is 0 Å². The lowest BCUT2D eigenvalue weighted by molar-refractivity contribution is -0.116. The first-order valence-electron chi connectivity index (χ1n) is 11.3. The number of morpholine rings is 1. The number of rotatable bonds is 7. The van der Waals surface area contributed by atoms with Crippen molar-refractivity contribution in [3.05, 3.63) is 84.2 Å². The summed E-state index contributed by atoms with van der Waals surface area (Å²) in [5.41, 5.74) is 2.99. The molecule has 4 rings (SSSR count). The van der Waals surface area contributed by atoms with E-state index in [1.54, 1.807) is 49.6 Å². The van der Waals surface area contributed by atoms with Gasteiger partial charge in [0.05, 0.1) is 25.3 Å². The van der Waals surface area contributed by atoms with Crippen molar-refractivity contribution in [2.24, 2.45) is 0 Å². The van der Waals surface area contributed by atoms with Crippen LogP contribution < -0.4 is 15.5 Å². The third kappa shape index (κ3) is 6.42. The lowest BCUT2D eigenvalue weighted by Crippen LogP contribution is -2.36. The molecule has 0 radical (unpaired) electrons. The van der Waals surface area contributed by atoms with Gasteiger partial charge in [0.2, 0.25) is 5.91 Å². The van der Waals surface area contributed by atoms with Gasteiger partial charge < -0.3 is 25.2 Å². The molecule has 0 spiro atoms. The lowest BCUT2D eigenvalue weighted by atomic mass is 10.1. The number of carbonyl (C=O) groups is 3. The second-order valence-corrected chi connectivity index (χ2v) is 8.13. The molecule has 3 amide bonds. The van der Waals surface area contributed by atoms with E-state index in [4.69, 9.17) is 4.74 Å².